The summed E-state index contributed by atoms with van der Waals surface area (Å²) in [6.07, 6.45) is 1.78. The van der Waals surface area contributed by atoms with Gasteiger partial charge in [-0.25, -0.2) is 9.79 Å². The lowest BCUT2D eigenvalue weighted by Crippen LogP contribution is -2.40. The van der Waals surface area contributed by atoms with Crippen molar-refractivity contribution >= 4 is 35.0 Å². The van der Waals surface area contributed by atoms with Crippen LogP contribution in [0.3, 0.4) is 0 Å². The lowest BCUT2D eigenvalue weighted by atomic mass is 9.94. The van der Waals surface area contributed by atoms with E-state index in [1.807, 2.05) is 85.8 Å². The minimum atomic E-state index is -0.988. The number of aromatic carboxylic acids is 1. The summed E-state index contributed by atoms with van der Waals surface area (Å²) in [5.41, 5.74) is 4.92. The van der Waals surface area contributed by atoms with Crippen molar-refractivity contribution in [2.45, 2.75) is 26.5 Å². The molecule has 2 heterocycles. The number of hydrogen-bond acceptors (Lipinski definition) is 6. The van der Waals surface area contributed by atoms with Crippen LogP contribution in [0.1, 0.15) is 45.6 Å². The minimum absolute atomic E-state index is 0.203. The number of aryl methyl sites for hydroxylation is 1. The monoisotopic (exact) mass is 615 g/mol. The number of carboxylic acids is 1. The number of allylic oxidation sites excluding steroid dienone is 1. The molecule has 0 fully saturated rings. The van der Waals surface area contributed by atoms with Crippen molar-refractivity contribution in [1.82, 2.24) is 4.57 Å². The number of hydrogen-bond donors (Lipinski definition) is 2. The Morgan fingerprint density at radius 1 is 0.933 bits per heavy atom. The number of nitrogens with zero attached hydrogens (tertiary/aromatic N) is 2. The van der Waals surface area contributed by atoms with Gasteiger partial charge in [-0.05, 0) is 61.4 Å². The van der Waals surface area contributed by atoms with Crippen LogP contribution in [0.4, 0.5) is 5.69 Å². The standard InChI is InChI=1S/C36H29N3O5S/c1-22-12-16-25(17-13-22)32-31(33(40)38-28-9-4-3-5-10-28)23(2)37-36-39(32)34(41)30(45-36)20-27-8-6-7-11-29(27)44-21-24-14-18-26(19-15-24)35(42)43/h3-20,32H,21H2,1-2H3,(H,38,40)(H,42,43)/b30-20-/t32-/m1/s1. The Bertz CT molecular complexity index is 2110. The highest BCUT2D eigenvalue weighted by Crippen LogP contribution is 2.31. The van der Waals surface area contributed by atoms with Crippen LogP contribution in [-0.2, 0) is 11.4 Å². The summed E-state index contributed by atoms with van der Waals surface area (Å²) in [5, 5.41) is 12.1. The van der Waals surface area contributed by atoms with Crippen LogP contribution in [0.2, 0.25) is 0 Å². The van der Waals surface area contributed by atoms with Crippen LogP contribution >= 0.6 is 11.3 Å². The maximum atomic E-state index is 14.1. The smallest absolute Gasteiger partial charge is 0.335 e. The Morgan fingerprint density at radius 2 is 1.62 bits per heavy atom. The van der Waals surface area contributed by atoms with Crippen molar-refractivity contribution < 1.29 is 19.4 Å². The number of carboxylic acid groups (broad SMARTS) is 1. The molecular weight excluding hydrogens is 586 g/mol. The molecule has 0 saturated heterocycles. The van der Waals surface area contributed by atoms with Crippen LogP contribution in [0.5, 0.6) is 5.75 Å². The lowest BCUT2D eigenvalue weighted by molar-refractivity contribution is -0.113. The maximum absolute atomic E-state index is 14.1. The zero-order valence-corrected chi connectivity index (χ0v) is 25.4. The molecule has 0 radical (unpaired) electrons. The molecule has 1 aliphatic heterocycles. The number of thiazole rings is 1. The molecule has 45 heavy (non-hydrogen) atoms. The molecule has 1 amide bonds. The molecule has 0 aliphatic carbocycles. The average Bonchev–Trinajstić information content (AvgIpc) is 3.34. The van der Waals surface area contributed by atoms with E-state index in [4.69, 9.17) is 14.8 Å². The van der Waals surface area contributed by atoms with Crippen molar-refractivity contribution in [1.29, 1.82) is 0 Å². The number of para-hydroxylation sites is 2. The number of carbonyl (C=O) groups excluding carboxylic acids is 1. The van der Waals surface area contributed by atoms with E-state index in [1.54, 1.807) is 29.7 Å². The van der Waals surface area contributed by atoms with Crippen LogP contribution in [0.15, 0.2) is 124 Å². The van der Waals surface area contributed by atoms with Crippen molar-refractivity contribution in [3.05, 3.63) is 162 Å². The maximum Gasteiger partial charge on any atom is 0.335 e. The SMILES string of the molecule is CC1=C(C(=O)Nc2ccccc2)[C@@H](c2ccc(C)cc2)n2c(s/c(=C\c3ccccc3OCc3ccc(C(=O)O)cc3)c2=O)=N1. The Balaban J connectivity index is 1.38. The molecule has 0 spiro atoms. The van der Waals surface area contributed by atoms with Crippen molar-refractivity contribution in [3.63, 3.8) is 0 Å². The number of anilines is 1. The molecule has 0 saturated carbocycles. The largest absolute Gasteiger partial charge is 0.488 e. The van der Waals surface area contributed by atoms with Crippen molar-refractivity contribution in [2.24, 2.45) is 4.99 Å². The summed E-state index contributed by atoms with van der Waals surface area (Å²) in [6, 6.07) is 30.2. The molecule has 2 N–H and O–H groups in total. The first-order valence-corrected chi connectivity index (χ1v) is 15.1. The van der Waals surface area contributed by atoms with Gasteiger partial charge >= 0.3 is 5.97 Å². The zero-order valence-electron chi connectivity index (χ0n) is 24.6. The molecule has 1 atom stereocenters. The number of carbonyl (C=O) groups is 2. The van der Waals surface area contributed by atoms with Gasteiger partial charge in [-0.1, -0.05) is 89.7 Å². The predicted molar refractivity (Wildman–Crippen MR) is 174 cm³/mol. The fourth-order valence-electron chi connectivity index (χ4n) is 5.17. The molecule has 1 aliphatic rings. The van der Waals surface area contributed by atoms with Crippen molar-refractivity contribution in [2.75, 3.05) is 5.32 Å². The molecular formula is C36H29N3O5S. The Hall–Kier alpha value is -5.54. The van der Waals surface area contributed by atoms with Gasteiger partial charge in [0.15, 0.2) is 4.80 Å². The highest BCUT2D eigenvalue weighted by atomic mass is 32.1. The molecule has 9 heteroatoms. The quantitative estimate of drug-likeness (QED) is 0.241. The summed E-state index contributed by atoms with van der Waals surface area (Å²) < 4.78 is 8.14. The lowest BCUT2D eigenvalue weighted by Gasteiger charge is -2.25. The molecule has 1 aromatic heterocycles. The highest BCUT2D eigenvalue weighted by molar-refractivity contribution is 7.07. The molecule has 6 rings (SSSR count). The number of fused-ring (bicyclic) bond motifs is 1. The Morgan fingerprint density at radius 3 is 2.33 bits per heavy atom. The van der Waals surface area contributed by atoms with E-state index in [-0.39, 0.29) is 23.6 Å². The number of aromatic nitrogens is 1. The van der Waals surface area contributed by atoms with E-state index in [9.17, 15) is 14.4 Å². The van der Waals surface area contributed by atoms with Gasteiger partial charge in [0.1, 0.15) is 12.4 Å². The van der Waals surface area contributed by atoms with Gasteiger partial charge in [0.2, 0.25) is 0 Å². The van der Waals surface area contributed by atoms with Gasteiger partial charge < -0.3 is 15.2 Å². The normalized spacial score (nSPS) is 14.4. The number of benzene rings is 4. The molecule has 224 valence electrons. The van der Waals surface area contributed by atoms with E-state index in [0.29, 0.717) is 37.6 Å². The summed E-state index contributed by atoms with van der Waals surface area (Å²) >= 11 is 1.26. The molecule has 8 nitrogen and oxygen atoms in total. The molecule has 4 aromatic carbocycles. The Kier molecular flexibility index (Phi) is 8.26. The fraction of sp³-hybridized carbons (Fsp3) is 0.111. The number of amides is 1. The molecule has 5 aromatic rings. The zero-order chi connectivity index (χ0) is 31.5. The topological polar surface area (TPSA) is 110 Å². The average molecular weight is 616 g/mol. The second-order valence-corrected chi connectivity index (χ2v) is 11.7. The van der Waals surface area contributed by atoms with Crippen LogP contribution in [-0.4, -0.2) is 21.6 Å². The van der Waals surface area contributed by atoms with Gasteiger partial charge in [-0.15, -0.1) is 0 Å². The first-order chi connectivity index (χ1) is 21.8. The van der Waals surface area contributed by atoms with Crippen molar-refractivity contribution in [3.8, 4) is 5.75 Å². The summed E-state index contributed by atoms with van der Waals surface area (Å²) in [7, 11) is 0. The summed E-state index contributed by atoms with van der Waals surface area (Å²) in [5.74, 6) is -0.740. The molecule has 0 bridgehead atoms. The van der Waals surface area contributed by atoms with E-state index < -0.39 is 12.0 Å². The molecule has 0 unspecified atom stereocenters. The van der Waals surface area contributed by atoms with Gasteiger partial charge in [0, 0.05) is 11.3 Å². The van der Waals surface area contributed by atoms with Crippen LogP contribution in [0, 0.1) is 6.92 Å². The third kappa shape index (κ3) is 6.25. The Labute approximate surface area is 262 Å². The third-order valence-corrected chi connectivity index (χ3v) is 8.47. The van der Waals surface area contributed by atoms with Crippen LogP contribution in [0.25, 0.3) is 6.08 Å². The fourth-order valence-corrected chi connectivity index (χ4v) is 6.21. The van der Waals surface area contributed by atoms with Gasteiger partial charge in [0.25, 0.3) is 11.5 Å². The second kappa shape index (κ2) is 12.6. The van der Waals surface area contributed by atoms with Gasteiger partial charge in [-0.2, -0.15) is 0 Å². The minimum Gasteiger partial charge on any atom is -0.488 e. The van der Waals surface area contributed by atoms with E-state index in [2.05, 4.69) is 5.32 Å². The van der Waals surface area contributed by atoms with E-state index in [1.165, 1.54) is 23.5 Å². The van der Waals surface area contributed by atoms with E-state index in [0.717, 1.165) is 16.7 Å². The highest BCUT2D eigenvalue weighted by Gasteiger charge is 2.32. The first-order valence-electron chi connectivity index (χ1n) is 14.3. The summed E-state index contributed by atoms with van der Waals surface area (Å²) in [4.78, 5) is 44.3. The van der Waals surface area contributed by atoms with Crippen LogP contribution < -0.4 is 24.9 Å². The van der Waals surface area contributed by atoms with E-state index >= 15 is 0 Å². The van der Waals surface area contributed by atoms with Gasteiger partial charge in [-0.3, -0.25) is 14.2 Å². The first kappa shape index (κ1) is 29.5. The third-order valence-electron chi connectivity index (χ3n) is 7.49. The number of nitrogens with one attached hydrogen (secondary N) is 1. The predicted octanol–water partition coefficient (Wildman–Crippen LogP) is 5.46. The number of rotatable bonds is 8. The second-order valence-electron chi connectivity index (χ2n) is 10.6. The number of ether oxygens (including phenoxy) is 1. The summed E-state index contributed by atoms with van der Waals surface area (Å²) in [6.45, 7) is 4.01. The van der Waals surface area contributed by atoms with Gasteiger partial charge in [0.05, 0.1) is 27.4 Å².